The summed E-state index contributed by atoms with van der Waals surface area (Å²) < 4.78 is 32.5. The minimum absolute atomic E-state index is 0.231. The molecular formula is C48H28O30. The monoisotopic (exact) mass is 1080 g/mol. The normalized spacial score (nSPS) is 19.1. The second-order valence-corrected chi connectivity index (χ2v) is 17.6. The van der Waals surface area contributed by atoms with Gasteiger partial charge in [0.25, 0.3) is 0 Å². The molecule has 18 N–H and O–H groups in total. The number of phenols is 16. The maximum atomic E-state index is 15.0. The van der Waals surface area contributed by atoms with Crippen molar-refractivity contribution in [3.63, 3.8) is 0 Å². The number of ether oxygens (including phenoxy) is 4. The topological polar surface area (TPSA) is 530 Å². The second-order valence-electron chi connectivity index (χ2n) is 17.6. The van der Waals surface area contributed by atoms with Gasteiger partial charge < -0.3 is 120 Å². The van der Waals surface area contributed by atoms with E-state index in [0.29, 0.717) is 12.1 Å². The standard InChI is InChI=1S/C48H28O30/c49-8-1-5-12(27(56)24(8)53)15-20-18-19-21(47(71)76-39(18)36(65)31(15)60)16(32(61)37(66)40(19)75-46(20)70)13-6(2-9(50)25(54)28(13)57)44(68)74-38(11(52)4-73-43(5)67)42-41-34(63)23-22(48(72)77-41)17(30(59)35(64)33(23)62)14-7(45(69)78-42)3-10(51)26(55)29(14)58/h1-3,11,34,38,41-42,49-66H,4H2/t11?,34-,38-,41?,42+/m1/s1. The van der Waals surface area contributed by atoms with Crippen molar-refractivity contribution in [3.05, 3.63) is 66.9 Å². The molecular weight excluding hydrogens is 1060 g/mol. The van der Waals surface area contributed by atoms with Gasteiger partial charge in [0, 0.05) is 49.7 Å². The Morgan fingerprint density at radius 2 is 0.718 bits per heavy atom. The highest BCUT2D eigenvalue weighted by molar-refractivity contribution is 6.29. The molecule has 0 amide bonds. The lowest BCUT2D eigenvalue weighted by Crippen LogP contribution is -2.55. The van der Waals surface area contributed by atoms with Crippen LogP contribution in [0.3, 0.4) is 0 Å². The maximum absolute atomic E-state index is 15.0. The highest BCUT2D eigenvalue weighted by Gasteiger charge is 2.53. The molecule has 4 aliphatic rings. The van der Waals surface area contributed by atoms with E-state index in [4.69, 9.17) is 27.8 Å². The fourth-order valence-electron chi connectivity index (χ4n) is 9.96. The fraction of sp³-hybridized carbons (Fsp3) is 0.125. The van der Waals surface area contributed by atoms with Crippen molar-refractivity contribution < 1.29 is 139 Å². The van der Waals surface area contributed by atoms with E-state index in [1.807, 2.05) is 0 Å². The van der Waals surface area contributed by atoms with E-state index >= 15 is 0 Å². The number of carbonyl (C=O) groups is 4. The maximum Gasteiger partial charge on any atom is 0.345 e. The first kappa shape index (κ1) is 49.1. The number of aromatic hydroxyl groups is 16. The van der Waals surface area contributed by atoms with Crippen molar-refractivity contribution in [2.45, 2.75) is 30.5 Å². The lowest BCUT2D eigenvalue weighted by molar-refractivity contribution is -0.153. The lowest BCUT2D eigenvalue weighted by atomic mass is 9.82. The number of aliphatic hydroxyl groups is 2. The van der Waals surface area contributed by atoms with Gasteiger partial charge in [-0.25, -0.2) is 28.8 Å². The molecule has 6 aromatic carbocycles. The molecule has 4 aliphatic heterocycles. The van der Waals surface area contributed by atoms with E-state index in [2.05, 4.69) is 0 Å². The smallest absolute Gasteiger partial charge is 0.345 e. The molecule has 5 atom stereocenters. The minimum atomic E-state index is -2.97. The molecule has 0 saturated carbocycles. The first-order chi connectivity index (χ1) is 36.7. The Labute approximate surface area is 424 Å². The number of esters is 4. The van der Waals surface area contributed by atoms with Crippen LogP contribution >= 0.6 is 0 Å². The van der Waals surface area contributed by atoms with Crippen molar-refractivity contribution in [2.24, 2.45) is 0 Å². The summed E-state index contributed by atoms with van der Waals surface area (Å²) in [6, 6.07) is 0.884. The van der Waals surface area contributed by atoms with Crippen LogP contribution in [0.4, 0.5) is 0 Å². The molecule has 0 aliphatic carbocycles. The molecule has 0 saturated heterocycles. The SMILES string of the molecule is O=C1O[C@@H]([C@@H]2OC(=O)c3cc(O)c(O)c(O)c3-c3c(O)c(O)c4oc(=O)c5c(c(O)c(O)c6oc(=O)c3c4c65)-c3c(cc(O)c(O)c3O)C(=O)OCC2O)C2OC(=O)c3c(c(O)c(O)c(O)c3[C@H]2O)-c2c1cc(O)c(O)c2O. The quantitative estimate of drug-likeness (QED) is 0.0365. The molecule has 30 heteroatoms. The summed E-state index contributed by atoms with van der Waals surface area (Å²) in [7, 11) is 0. The molecule has 0 radical (unpaired) electrons. The fourth-order valence-corrected chi connectivity index (χ4v) is 9.96. The molecule has 400 valence electrons. The Morgan fingerprint density at radius 3 is 1.17 bits per heavy atom. The van der Waals surface area contributed by atoms with Gasteiger partial charge in [0.2, 0.25) is 34.5 Å². The average Bonchev–Trinajstić information content (AvgIpc) is 3.06. The number of fused-ring (bicyclic) bond motifs is 7. The molecule has 2 aromatic heterocycles. The molecule has 30 nitrogen and oxygen atoms in total. The van der Waals surface area contributed by atoms with E-state index < -0.39 is 258 Å². The van der Waals surface area contributed by atoms with Crippen LogP contribution in [-0.4, -0.2) is 147 Å². The van der Waals surface area contributed by atoms with Crippen LogP contribution in [0.15, 0.2) is 36.6 Å². The summed E-state index contributed by atoms with van der Waals surface area (Å²) in [5.41, 5.74) is -19.6. The first-order valence-electron chi connectivity index (χ1n) is 21.7. The van der Waals surface area contributed by atoms with Gasteiger partial charge in [-0.05, 0) is 18.2 Å². The molecule has 0 fully saturated rings. The third-order valence-corrected chi connectivity index (χ3v) is 13.4. The summed E-state index contributed by atoms with van der Waals surface area (Å²) in [6.45, 7) is -1.68. The Hall–Kier alpha value is -11.1. The zero-order chi connectivity index (χ0) is 56.5. The Balaban J connectivity index is 1.24. The van der Waals surface area contributed by atoms with Crippen LogP contribution in [0, 0.1) is 0 Å². The third kappa shape index (κ3) is 6.24. The largest absolute Gasteiger partial charge is 0.504 e. The van der Waals surface area contributed by atoms with Crippen molar-refractivity contribution in [3.8, 4) is 125 Å². The number of carbonyl (C=O) groups excluding carboxylic acids is 4. The van der Waals surface area contributed by atoms with Gasteiger partial charge in [-0.2, -0.15) is 0 Å². The first-order valence-corrected chi connectivity index (χ1v) is 21.7. The molecule has 0 spiro atoms. The second kappa shape index (κ2) is 16.2. The van der Waals surface area contributed by atoms with Gasteiger partial charge in [-0.15, -0.1) is 0 Å². The highest BCUT2D eigenvalue weighted by Crippen LogP contribution is 2.60. The summed E-state index contributed by atoms with van der Waals surface area (Å²) in [5, 5.41) is 198. The number of hydrogen-bond donors (Lipinski definition) is 18. The number of phenolic OH excluding ortho intramolecular Hbond substituents is 16. The number of cyclic esters (lactones) is 2. The van der Waals surface area contributed by atoms with Crippen LogP contribution in [-0.2, 0) is 18.9 Å². The number of benzene rings is 6. The average molecular weight is 1080 g/mol. The van der Waals surface area contributed by atoms with Crippen LogP contribution in [0.5, 0.6) is 92.0 Å². The van der Waals surface area contributed by atoms with Gasteiger partial charge in [0.15, 0.2) is 87.0 Å². The Kier molecular flexibility index (Phi) is 10.2. The van der Waals surface area contributed by atoms with Gasteiger partial charge in [-0.1, -0.05) is 0 Å². The molecule has 8 aromatic rings. The van der Waals surface area contributed by atoms with E-state index in [-0.39, 0.29) is 6.07 Å². The summed E-state index contributed by atoms with van der Waals surface area (Å²) in [5.74, 6) is -32.3. The van der Waals surface area contributed by atoms with Gasteiger partial charge in [-0.3, -0.25) is 0 Å². The molecule has 78 heavy (non-hydrogen) atoms. The zero-order valence-corrected chi connectivity index (χ0v) is 37.8. The van der Waals surface area contributed by atoms with Crippen molar-refractivity contribution in [1.82, 2.24) is 0 Å². The van der Waals surface area contributed by atoms with E-state index in [1.54, 1.807) is 0 Å². The van der Waals surface area contributed by atoms with Crippen LogP contribution in [0.1, 0.15) is 53.1 Å². The van der Waals surface area contributed by atoms with Gasteiger partial charge in [0.05, 0.1) is 33.0 Å². The van der Waals surface area contributed by atoms with Gasteiger partial charge >= 0.3 is 35.1 Å². The van der Waals surface area contributed by atoms with Gasteiger partial charge in [0.1, 0.15) is 18.8 Å². The number of aliphatic hydroxyl groups excluding tert-OH is 2. The van der Waals surface area contributed by atoms with Crippen LogP contribution in [0.25, 0.3) is 66.1 Å². The van der Waals surface area contributed by atoms with E-state index in [0.717, 1.165) is 0 Å². The predicted molar refractivity (Wildman–Crippen MR) is 245 cm³/mol. The predicted octanol–water partition coefficient (Wildman–Crippen LogP) is 1.65. The summed E-state index contributed by atoms with van der Waals surface area (Å²) in [4.78, 5) is 86.4. The molecule has 6 heterocycles. The van der Waals surface area contributed by atoms with Crippen molar-refractivity contribution >= 4 is 56.6 Å². The van der Waals surface area contributed by atoms with Crippen LogP contribution < -0.4 is 11.3 Å². The molecule has 12 rings (SSSR count). The number of rotatable bonds is 1. The summed E-state index contributed by atoms with van der Waals surface area (Å²) in [6.07, 6.45) is -14.2. The Morgan fingerprint density at radius 1 is 0.346 bits per heavy atom. The zero-order valence-electron chi connectivity index (χ0n) is 37.8. The molecule has 2 unspecified atom stereocenters. The van der Waals surface area contributed by atoms with Crippen molar-refractivity contribution in [1.29, 1.82) is 0 Å². The van der Waals surface area contributed by atoms with Crippen molar-refractivity contribution in [2.75, 3.05) is 6.61 Å². The molecule has 10 bridgehead atoms. The minimum Gasteiger partial charge on any atom is -0.504 e. The van der Waals surface area contributed by atoms with Crippen LogP contribution in [0.2, 0.25) is 0 Å². The third-order valence-electron chi connectivity index (χ3n) is 13.4. The highest BCUT2D eigenvalue weighted by atomic mass is 16.6. The summed E-state index contributed by atoms with van der Waals surface area (Å²) >= 11 is 0. The lowest BCUT2D eigenvalue weighted by Gasteiger charge is -2.40. The Bertz CT molecular complexity index is 4280. The van der Waals surface area contributed by atoms with E-state index in [1.165, 1.54) is 0 Å². The number of hydrogen-bond acceptors (Lipinski definition) is 30. The van der Waals surface area contributed by atoms with E-state index in [9.17, 15) is 121 Å².